The Balaban J connectivity index is 2.58. The van der Waals surface area contributed by atoms with E-state index in [9.17, 15) is 9.59 Å². The highest BCUT2D eigenvalue weighted by Gasteiger charge is 2.16. The molecule has 0 unspecified atom stereocenters. The van der Waals surface area contributed by atoms with Crippen LogP contribution in [0.4, 0.5) is 0 Å². The summed E-state index contributed by atoms with van der Waals surface area (Å²) in [7, 11) is 1.60. The third-order valence-corrected chi connectivity index (χ3v) is 3.05. The van der Waals surface area contributed by atoms with Crippen LogP contribution in [0.15, 0.2) is 30.3 Å². The number of ether oxygens (including phenoxy) is 1. The van der Waals surface area contributed by atoms with Gasteiger partial charge in [0.05, 0.1) is 12.8 Å². The van der Waals surface area contributed by atoms with E-state index in [1.54, 1.807) is 14.0 Å². The maximum absolute atomic E-state index is 11.6. The number of nitrogens with zero attached hydrogens (tertiary/aromatic N) is 1. The SMILES string of the molecule is COc1ccc(-c2cc(C)n(C(C)=O)c2C=O)cc1. The summed E-state index contributed by atoms with van der Waals surface area (Å²) in [4.78, 5) is 22.8. The number of hydrogen-bond donors (Lipinski definition) is 0. The molecule has 0 aliphatic carbocycles. The van der Waals surface area contributed by atoms with E-state index < -0.39 is 0 Å². The first kappa shape index (κ1) is 13.1. The number of carbonyl (C=O) groups excluding carboxylic acids is 2. The van der Waals surface area contributed by atoms with Crippen LogP contribution in [0.1, 0.15) is 27.9 Å². The Kier molecular flexibility index (Phi) is 3.51. The van der Waals surface area contributed by atoms with Crippen molar-refractivity contribution >= 4 is 12.2 Å². The lowest BCUT2D eigenvalue weighted by Crippen LogP contribution is -2.11. The summed E-state index contributed by atoms with van der Waals surface area (Å²) < 4.78 is 6.52. The molecule has 2 rings (SSSR count). The molecule has 1 heterocycles. The third-order valence-electron chi connectivity index (χ3n) is 3.05. The van der Waals surface area contributed by atoms with Gasteiger partial charge in [-0.1, -0.05) is 12.1 Å². The summed E-state index contributed by atoms with van der Waals surface area (Å²) in [5.74, 6) is 0.582. The van der Waals surface area contributed by atoms with Crippen molar-refractivity contribution in [3.63, 3.8) is 0 Å². The predicted molar refractivity (Wildman–Crippen MR) is 72.8 cm³/mol. The fourth-order valence-corrected chi connectivity index (χ4v) is 2.19. The monoisotopic (exact) mass is 257 g/mol. The molecule has 0 fully saturated rings. The van der Waals surface area contributed by atoms with Gasteiger partial charge in [-0.3, -0.25) is 14.2 Å². The molecular formula is C15H15NO3. The van der Waals surface area contributed by atoms with Crippen LogP contribution < -0.4 is 4.74 Å². The van der Waals surface area contributed by atoms with Gasteiger partial charge in [0.2, 0.25) is 5.91 Å². The Morgan fingerprint density at radius 3 is 2.37 bits per heavy atom. The molecule has 0 aliphatic heterocycles. The van der Waals surface area contributed by atoms with Crippen LogP contribution in [0.5, 0.6) is 5.75 Å². The van der Waals surface area contributed by atoms with Gasteiger partial charge in [0.15, 0.2) is 6.29 Å². The molecule has 0 saturated carbocycles. The Bertz CT molecular complexity index is 624. The molecule has 0 aliphatic rings. The Hall–Kier alpha value is -2.36. The Morgan fingerprint density at radius 2 is 1.89 bits per heavy atom. The second-order valence-corrected chi connectivity index (χ2v) is 4.29. The number of methoxy groups -OCH3 is 1. The Morgan fingerprint density at radius 1 is 1.26 bits per heavy atom. The average molecular weight is 257 g/mol. The van der Waals surface area contributed by atoms with Gasteiger partial charge in [0.25, 0.3) is 0 Å². The smallest absolute Gasteiger partial charge is 0.228 e. The van der Waals surface area contributed by atoms with Crippen molar-refractivity contribution in [1.82, 2.24) is 4.57 Å². The molecule has 4 nitrogen and oxygen atoms in total. The van der Waals surface area contributed by atoms with Crippen LogP contribution in [0.3, 0.4) is 0 Å². The zero-order valence-corrected chi connectivity index (χ0v) is 11.1. The second kappa shape index (κ2) is 5.10. The van der Waals surface area contributed by atoms with Crippen LogP contribution in [0, 0.1) is 6.92 Å². The van der Waals surface area contributed by atoms with Gasteiger partial charge in [-0.2, -0.15) is 0 Å². The van der Waals surface area contributed by atoms with E-state index in [1.807, 2.05) is 30.3 Å². The first-order valence-electron chi connectivity index (χ1n) is 5.91. The van der Waals surface area contributed by atoms with Crippen molar-refractivity contribution in [1.29, 1.82) is 0 Å². The minimum absolute atomic E-state index is 0.167. The molecule has 98 valence electrons. The lowest BCUT2D eigenvalue weighted by Gasteiger charge is -2.05. The van der Waals surface area contributed by atoms with Crippen LogP contribution >= 0.6 is 0 Å². The number of benzene rings is 1. The van der Waals surface area contributed by atoms with Crippen LogP contribution in [0.2, 0.25) is 0 Å². The maximum atomic E-state index is 11.6. The van der Waals surface area contributed by atoms with E-state index >= 15 is 0 Å². The summed E-state index contributed by atoms with van der Waals surface area (Å²) in [6.07, 6.45) is 0.716. The first-order chi connectivity index (χ1) is 9.08. The minimum Gasteiger partial charge on any atom is -0.497 e. The van der Waals surface area contributed by atoms with E-state index in [0.717, 1.165) is 22.6 Å². The quantitative estimate of drug-likeness (QED) is 0.794. The van der Waals surface area contributed by atoms with Gasteiger partial charge in [0.1, 0.15) is 5.75 Å². The number of aryl methyl sites for hydroxylation is 1. The molecule has 4 heteroatoms. The summed E-state index contributed by atoms with van der Waals surface area (Å²) in [5, 5.41) is 0. The zero-order valence-electron chi connectivity index (χ0n) is 11.1. The van der Waals surface area contributed by atoms with E-state index in [4.69, 9.17) is 4.74 Å². The van der Waals surface area contributed by atoms with Crippen molar-refractivity contribution in [2.45, 2.75) is 13.8 Å². The largest absolute Gasteiger partial charge is 0.497 e. The van der Waals surface area contributed by atoms with Gasteiger partial charge < -0.3 is 4.74 Å². The highest BCUT2D eigenvalue weighted by Crippen LogP contribution is 2.27. The number of hydrogen-bond acceptors (Lipinski definition) is 3. The van der Waals surface area contributed by atoms with Gasteiger partial charge in [0, 0.05) is 18.2 Å². The van der Waals surface area contributed by atoms with Crippen LogP contribution in [0.25, 0.3) is 11.1 Å². The normalized spacial score (nSPS) is 10.3. The van der Waals surface area contributed by atoms with Gasteiger partial charge in [-0.15, -0.1) is 0 Å². The lowest BCUT2D eigenvalue weighted by atomic mass is 10.1. The minimum atomic E-state index is -0.167. The fourth-order valence-electron chi connectivity index (χ4n) is 2.19. The molecule has 1 aromatic carbocycles. The number of rotatable bonds is 3. The molecule has 0 amide bonds. The van der Waals surface area contributed by atoms with E-state index in [-0.39, 0.29) is 5.91 Å². The summed E-state index contributed by atoms with van der Waals surface area (Å²) in [5.41, 5.74) is 2.77. The standard InChI is InChI=1S/C15H15NO3/c1-10-8-14(15(9-17)16(10)11(2)18)12-4-6-13(19-3)7-5-12/h4-9H,1-3H3. The highest BCUT2D eigenvalue weighted by molar-refractivity contribution is 5.93. The van der Waals surface area contributed by atoms with E-state index in [0.29, 0.717) is 12.0 Å². The van der Waals surface area contributed by atoms with Crippen molar-refractivity contribution in [2.24, 2.45) is 0 Å². The number of aromatic nitrogens is 1. The maximum Gasteiger partial charge on any atom is 0.228 e. The van der Waals surface area contributed by atoms with Crippen LogP contribution in [-0.2, 0) is 0 Å². The third kappa shape index (κ3) is 2.29. The molecular weight excluding hydrogens is 242 g/mol. The van der Waals surface area contributed by atoms with Gasteiger partial charge in [-0.05, 0) is 30.7 Å². The van der Waals surface area contributed by atoms with Crippen molar-refractivity contribution in [3.05, 3.63) is 41.7 Å². The fraction of sp³-hybridized carbons (Fsp3) is 0.200. The zero-order chi connectivity index (χ0) is 14.0. The molecule has 1 aromatic heterocycles. The average Bonchev–Trinajstić information content (AvgIpc) is 2.75. The number of carbonyl (C=O) groups is 2. The van der Waals surface area contributed by atoms with Gasteiger partial charge in [-0.25, -0.2) is 0 Å². The molecule has 0 atom stereocenters. The van der Waals surface area contributed by atoms with Gasteiger partial charge >= 0.3 is 0 Å². The molecule has 0 N–H and O–H groups in total. The molecule has 19 heavy (non-hydrogen) atoms. The molecule has 0 saturated heterocycles. The molecule has 0 radical (unpaired) electrons. The highest BCUT2D eigenvalue weighted by atomic mass is 16.5. The van der Waals surface area contributed by atoms with Crippen molar-refractivity contribution < 1.29 is 14.3 Å². The van der Waals surface area contributed by atoms with E-state index in [1.165, 1.54) is 11.5 Å². The molecule has 2 aromatic rings. The second-order valence-electron chi connectivity index (χ2n) is 4.29. The first-order valence-corrected chi connectivity index (χ1v) is 5.91. The summed E-state index contributed by atoms with van der Waals surface area (Å²) in [6, 6.07) is 9.22. The van der Waals surface area contributed by atoms with Crippen LogP contribution in [-0.4, -0.2) is 23.9 Å². The summed E-state index contributed by atoms with van der Waals surface area (Å²) in [6.45, 7) is 3.25. The van der Waals surface area contributed by atoms with Crippen molar-refractivity contribution in [3.8, 4) is 16.9 Å². The molecule has 0 spiro atoms. The van der Waals surface area contributed by atoms with E-state index in [2.05, 4.69) is 0 Å². The lowest BCUT2D eigenvalue weighted by molar-refractivity contribution is 0.0922. The molecule has 0 bridgehead atoms. The predicted octanol–water partition coefficient (Wildman–Crippen LogP) is 2.94. The number of aldehydes is 1. The topological polar surface area (TPSA) is 48.3 Å². The summed E-state index contributed by atoms with van der Waals surface area (Å²) >= 11 is 0. The van der Waals surface area contributed by atoms with Crippen molar-refractivity contribution in [2.75, 3.05) is 7.11 Å². The Labute approximate surface area is 111 Å².